The Morgan fingerprint density at radius 3 is 1.38 bits per heavy atom. The molecular weight excluding hydrogens is 671 g/mol. The van der Waals surface area contributed by atoms with E-state index in [9.17, 15) is 10.5 Å². The minimum absolute atomic E-state index is 0.575. The molecule has 0 saturated heterocycles. The van der Waals surface area contributed by atoms with Crippen LogP contribution in [-0.4, -0.2) is 13.7 Å². The van der Waals surface area contributed by atoms with Gasteiger partial charge in [0.1, 0.15) is 0 Å². The van der Waals surface area contributed by atoms with Crippen LogP contribution in [0, 0.1) is 22.7 Å². The van der Waals surface area contributed by atoms with E-state index in [4.69, 9.17) is 0 Å². The molecule has 5 nitrogen and oxygen atoms in total. The minimum Gasteiger partial charge on any atom is -0.309 e. The highest BCUT2D eigenvalue weighted by Gasteiger charge is 2.23. The second-order valence-electron chi connectivity index (χ2n) is 14.0. The normalized spacial score (nSPS) is 11.6. The van der Waals surface area contributed by atoms with E-state index >= 15 is 0 Å². The van der Waals surface area contributed by atoms with Gasteiger partial charge in [0.15, 0.2) is 0 Å². The average Bonchev–Trinajstić information content (AvgIpc) is 3.89. The highest BCUT2D eigenvalue weighted by atomic mass is 15.1. The molecule has 0 unspecified atom stereocenters. The highest BCUT2D eigenvalue weighted by Crippen LogP contribution is 2.43. The second-order valence-corrected chi connectivity index (χ2v) is 14.0. The Hall–Kier alpha value is -7.86. The molecule has 0 fully saturated rings. The fourth-order valence-corrected chi connectivity index (χ4v) is 8.83. The molecule has 0 amide bonds. The van der Waals surface area contributed by atoms with Crippen LogP contribution in [0.25, 0.3) is 93.6 Å². The first kappa shape index (κ1) is 30.7. The smallest absolute Gasteiger partial charge is 0.0992 e. The van der Waals surface area contributed by atoms with E-state index in [0.29, 0.717) is 11.1 Å². The van der Waals surface area contributed by atoms with Crippen LogP contribution in [0.1, 0.15) is 11.1 Å². The van der Waals surface area contributed by atoms with Crippen LogP contribution in [0.2, 0.25) is 0 Å². The van der Waals surface area contributed by atoms with Gasteiger partial charge >= 0.3 is 0 Å². The molecule has 0 aliphatic carbocycles. The molecule has 11 rings (SSSR count). The van der Waals surface area contributed by atoms with Crippen molar-refractivity contribution in [3.63, 3.8) is 0 Å². The van der Waals surface area contributed by atoms with E-state index in [1.165, 1.54) is 10.8 Å². The lowest BCUT2D eigenvalue weighted by molar-refractivity contribution is 1.13. The Kier molecular flexibility index (Phi) is 6.61. The number of nitriles is 2. The van der Waals surface area contributed by atoms with Crippen molar-refractivity contribution in [2.45, 2.75) is 0 Å². The molecule has 0 bridgehead atoms. The maximum atomic E-state index is 10.3. The first-order chi connectivity index (χ1) is 27.2. The largest absolute Gasteiger partial charge is 0.309 e. The quantitative estimate of drug-likeness (QED) is 0.184. The molecule has 0 radical (unpaired) electrons. The summed E-state index contributed by atoms with van der Waals surface area (Å²) in [5.41, 5.74) is 12.5. The molecule has 8 aromatic carbocycles. The van der Waals surface area contributed by atoms with Crippen molar-refractivity contribution in [3.8, 4) is 40.3 Å². The maximum absolute atomic E-state index is 10.3. The van der Waals surface area contributed by atoms with Gasteiger partial charge in [-0.15, -0.1) is 0 Å². The van der Waals surface area contributed by atoms with Crippen LogP contribution in [0.5, 0.6) is 0 Å². The second kappa shape index (κ2) is 11.8. The first-order valence-electron chi connectivity index (χ1n) is 18.3. The van der Waals surface area contributed by atoms with Gasteiger partial charge in [0.05, 0.1) is 73.4 Å². The first-order valence-corrected chi connectivity index (χ1v) is 18.3. The summed E-state index contributed by atoms with van der Waals surface area (Å²) in [4.78, 5) is 0. The standard InChI is InChI=1S/C50H29N5/c51-30-32-25-27-47(41(28-32)38-16-5-9-21-45(38)54-44-20-8-3-14-36(44)39-26-24-33(31-52)29-49(39)54)55-46-22-10-4-15-37(46)40-17-11-23-48(50(40)55)53-42-18-6-1-12-34(42)35-13-2-7-19-43(35)53/h1-29H. The molecule has 0 atom stereocenters. The number of para-hydroxylation sites is 6. The van der Waals surface area contributed by atoms with E-state index in [0.717, 1.165) is 82.8 Å². The molecule has 0 N–H and O–H groups in total. The fourth-order valence-electron chi connectivity index (χ4n) is 8.83. The van der Waals surface area contributed by atoms with Crippen LogP contribution >= 0.6 is 0 Å². The number of hydrogen-bond acceptors (Lipinski definition) is 2. The molecule has 0 aliphatic heterocycles. The van der Waals surface area contributed by atoms with Crippen molar-refractivity contribution < 1.29 is 0 Å². The molecule has 55 heavy (non-hydrogen) atoms. The summed E-state index contributed by atoms with van der Waals surface area (Å²) in [6.45, 7) is 0. The van der Waals surface area contributed by atoms with Gasteiger partial charge in [0, 0.05) is 43.4 Å². The van der Waals surface area contributed by atoms with Gasteiger partial charge in [-0.05, 0) is 66.7 Å². The van der Waals surface area contributed by atoms with Crippen LogP contribution in [-0.2, 0) is 0 Å². The number of aromatic nitrogens is 3. The minimum atomic E-state index is 0.575. The van der Waals surface area contributed by atoms with Gasteiger partial charge in [-0.3, -0.25) is 0 Å². The Morgan fingerprint density at radius 2 is 0.745 bits per heavy atom. The molecule has 11 aromatic rings. The van der Waals surface area contributed by atoms with Crippen LogP contribution in [0.15, 0.2) is 176 Å². The zero-order valence-corrected chi connectivity index (χ0v) is 29.5. The molecule has 3 aromatic heterocycles. The van der Waals surface area contributed by atoms with E-state index in [1.54, 1.807) is 0 Å². The Balaban J connectivity index is 1.27. The van der Waals surface area contributed by atoms with Crippen LogP contribution < -0.4 is 0 Å². The number of fused-ring (bicyclic) bond motifs is 9. The van der Waals surface area contributed by atoms with Gasteiger partial charge in [-0.25, -0.2) is 0 Å². The SMILES string of the molecule is N#Cc1ccc(-n2c3ccccc3c3cccc(-n4c5ccccc5c5ccccc54)c32)c(-c2ccccc2-n2c3ccccc3c3ccc(C#N)cc32)c1. The van der Waals surface area contributed by atoms with Crippen molar-refractivity contribution in [1.82, 2.24) is 13.7 Å². The summed E-state index contributed by atoms with van der Waals surface area (Å²) in [5.74, 6) is 0. The topological polar surface area (TPSA) is 62.4 Å². The summed E-state index contributed by atoms with van der Waals surface area (Å²) in [5, 5.41) is 27.2. The van der Waals surface area contributed by atoms with Crippen LogP contribution in [0.4, 0.5) is 0 Å². The molecule has 0 aliphatic rings. The molecule has 3 heterocycles. The van der Waals surface area contributed by atoms with E-state index in [2.05, 4.69) is 171 Å². The Morgan fingerprint density at radius 1 is 0.309 bits per heavy atom. The van der Waals surface area contributed by atoms with Crippen molar-refractivity contribution in [3.05, 3.63) is 187 Å². The monoisotopic (exact) mass is 699 g/mol. The van der Waals surface area contributed by atoms with Crippen molar-refractivity contribution in [2.75, 3.05) is 0 Å². The Labute approximate surface area is 316 Å². The number of hydrogen-bond donors (Lipinski definition) is 0. The summed E-state index contributed by atoms with van der Waals surface area (Å²) >= 11 is 0. The Bertz CT molecular complexity index is 3420. The van der Waals surface area contributed by atoms with Gasteiger partial charge in [-0.1, -0.05) is 109 Å². The molecule has 5 heteroatoms. The number of rotatable bonds is 4. The van der Waals surface area contributed by atoms with E-state index in [-0.39, 0.29) is 0 Å². The lowest BCUT2D eigenvalue weighted by Gasteiger charge is -2.20. The predicted octanol–water partition coefficient (Wildman–Crippen LogP) is 12.4. The van der Waals surface area contributed by atoms with Crippen molar-refractivity contribution >= 4 is 65.4 Å². The third kappa shape index (κ3) is 4.39. The summed E-state index contributed by atoms with van der Waals surface area (Å²) in [7, 11) is 0. The summed E-state index contributed by atoms with van der Waals surface area (Å²) in [6, 6.07) is 65.9. The average molecular weight is 700 g/mol. The van der Waals surface area contributed by atoms with E-state index in [1.807, 2.05) is 30.3 Å². The maximum Gasteiger partial charge on any atom is 0.0992 e. The third-order valence-electron chi connectivity index (χ3n) is 11.1. The molecule has 0 spiro atoms. The zero-order valence-electron chi connectivity index (χ0n) is 29.5. The number of benzene rings is 8. The fraction of sp³-hybridized carbons (Fsp3) is 0. The third-order valence-corrected chi connectivity index (χ3v) is 11.1. The molecule has 0 saturated carbocycles. The summed E-state index contributed by atoms with van der Waals surface area (Å²) in [6.07, 6.45) is 0. The van der Waals surface area contributed by atoms with Crippen molar-refractivity contribution in [1.29, 1.82) is 10.5 Å². The lowest BCUT2D eigenvalue weighted by Crippen LogP contribution is -2.04. The molecular formula is C50H29N5. The zero-order chi connectivity index (χ0) is 36.6. The van der Waals surface area contributed by atoms with Gasteiger partial charge in [0.2, 0.25) is 0 Å². The summed E-state index contributed by atoms with van der Waals surface area (Å²) < 4.78 is 7.04. The van der Waals surface area contributed by atoms with E-state index < -0.39 is 0 Å². The van der Waals surface area contributed by atoms with Gasteiger partial charge in [-0.2, -0.15) is 10.5 Å². The molecule has 254 valence electrons. The highest BCUT2D eigenvalue weighted by molar-refractivity contribution is 6.16. The van der Waals surface area contributed by atoms with Gasteiger partial charge < -0.3 is 13.7 Å². The van der Waals surface area contributed by atoms with Crippen molar-refractivity contribution in [2.24, 2.45) is 0 Å². The van der Waals surface area contributed by atoms with Crippen LogP contribution in [0.3, 0.4) is 0 Å². The van der Waals surface area contributed by atoms with Gasteiger partial charge in [0.25, 0.3) is 0 Å². The lowest BCUT2D eigenvalue weighted by atomic mass is 9.98. The predicted molar refractivity (Wildman–Crippen MR) is 224 cm³/mol. The number of nitrogens with zero attached hydrogens (tertiary/aromatic N) is 5.